The average molecular weight is 187 g/mol. The maximum atomic E-state index is 2.29. The Morgan fingerprint density at radius 2 is 1.46 bits per heavy atom. The summed E-state index contributed by atoms with van der Waals surface area (Å²) in [5.74, 6) is 0. The second-order valence-electron chi connectivity index (χ2n) is 3.88. The minimum absolute atomic E-state index is 0.261. The van der Waals surface area contributed by atoms with Gasteiger partial charge in [-0.3, -0.25) is 0 Å². The van der Waals surface area contributed by atoms with Gasteiger partial charge < -0.3 is 0 Å². The molecule has 0 atom stereocenters. The lowest BCUT2D eigenvalue weighted by Crippen LogP contribution is -2.26. The smallest absolute Gasteiger partial charge is 0.0772 e. The molecule has 0 saturated heterocycles. The highest BCUT2D eigenvalue weighted by Gasteiger charge is 2.21. The molecule has 0 amide bonds. The first-order valence-corrected chi connectivity index (χ1v) is 6.74. The molecular weight excluding hydrogens is 172 g/mol. The molecule has 0 fully saturated rings. The SMILES string of the molecule is CC1=C(C)C[Si](c2ccccc2)C1. The number of rotatable bonds is 1. The molecule has 0 nitrogen and oxygen atoms in total. The Balaban J connectivity index is 2.16. The zero-order valence-electron chi connectivity index (χ0n) is 8.30. The van der Waals surface area contributed by atoms with Gasteiger partial charge >= 0.3 is 0 Å². The minimum atomic E-state index is -0.261. The summed E-state index contributed by atoms with van der Waals surface area (Å²) < 4.78 is 0. The van der Waals surface area contributed by atoms with Crippen molar-refractivity contribution in [1.82, 2.24) is 0 Å². The highest BCUT2D eigenvalue weighted by Crippen LogP contribution is 2.26. The van der Waals surface area contributed by atoms with Crippen LogP contribution in [-0.2, 0) is 0 Å². The molecule has 1 heterocycles. The summed E-state index contributed by atoms with van der Waals surface area (Å²) in [5.41, 5.74) is 3.27. The summed E-state index contributed by atoms with van der Waals surface area (Å²) in [6.07, 6.45) is 0. The van der Waals surface area contributed by atoms with Gasteiger partial charge in [0.15, 0.2) is 0 Å². The van der Waals surface area contributed by atoms with Crippen LogP contribution in [-0.4, -0.2) is 8.80 Å². The highest BCUT2D eigenvalue weighted by atomic mass is 28.3. The predicted octanol–water partition coefficient (Wildman–Crippen LogP) is 2.74. The third kappa shape index (κ3) is 1.75. The van der Waals surface area contributed by atoms with E-state index in [9.17, 15) is 0 Å². The topological polar surface area (TPSA) is 0 Å². The summed E-state index contributed by atoms with van der Waals surface area (Å²) in [6, 6.07) is 13.7. The fraction of sp³-hybridized carbons (Fsp3) is 0.333. The fourth-order valence-corrected chi connectivity index (χ4v) is 4.96. The van der Waals surface area contributed by atoms with E-state index >= 15 is 0 Å². The van der Waals surface area contributed by atoms with Crippen molar-refractivity contribution in [2.45, 2.75) is 25.9 Å². The van der Waals surface area contributed by atoms with Gasteiger partial charge in [-0.25, -0.2) is 0 Å². The molecule has 0 unspecified atom stereocenters. The molecule has 0 bridgehead atoms. The number of hydrogen-bond donors (Lipinski definition) is 0. The van der Waals surface area contributed by atoms with E-state index < -0.39 is 0 Å². The van der Waals surface area contributed by atoms with Crippen molar-refractivity contribution in [2.24, 2.45) is 0 Å². The van der Waals surface area contributed by atoms with Crippen LogP contribution in [0.15, 0.2) is 41.5 Å². The van der Waals surface area contributed by atoms with Gasteiger partial charge in [-0.2, -0.15) is 0 Å². The van der Waals surface area contributed by atoms with Gasteiger partial charge in [0.25, 0.3) is 0 Å². The molecule has 1 radical (unpaired) electrons. The maximum absolute atomic E-state index is 2.29. The van der Waals surface area contributed by atoms with E-state index in [0.717, 1.165) is 0 Å². The van der Waals surface area contributed by atoms with Crippen molar-refractivity contribution in [3.8, 4) is 0 Å². The summed E-state index contributed by atoms with van der Waals surface area (Å²) in [6.45, 7) is 4.58. The van der Waals surface area contributed by atoms with Crippen LogP contribution in [0.3, 0.4) is 0 Å². The number of benzene rings is 1. The van der Waals surface area contributed by atoms with E-state index in [1.165, 1.54) is 12.1 Å². The molecule has 1 heteroatoms. The van der Waals surface area contributed by atoms with Crippen LogP contribution >= 0.6 is 0 Å². The number of allylic oxidation sites excluding steroid dienone is 2. The van der Waals surface area contributed by atoms with Crippen molar-refractivity contribution in [3.05, 3.63) is 41.5 Å². The van der Waals surface area contributed by atoms with E-state index in [1.54, 1.807) is 16.3 Å². The zero-order chi connectivity index (χ0) is 9.26. The summed E-state index contributed by atoms with van der Waals surface area (Å²) in [5, 5.41) is 1.60. The van der Waals surface area contributed by atoms with Gasteiger partial charge in [-0.15, -0.1) is 0 Å². The van der Waals surface area contributed by atoms with E-state index in [4.69, 9.17) is 0 Å². The van der Waals surface area contributed by atoms with Crippen LogP contribution < -0.4 is 5.19 Å². The van der Waals surface area contributed by atoms with E-state index in [1.807, 2.05) is 0 Å². The fourth-order valence-electron chi connectivity index (χ4n) is 1.88. The van der Waals surface area contributed by atoms with Crippen LogP contribution in [0.4, 0.5) is 0 Å². The Morgan fingerprint density at radius 3 is 2.00 bits per heavy atom. The van der Waals surface area contributed by atoms with Crippen molar-refractivity contribution >= 4 is 14.0 Å². The van der Waals surface area contributed by atoms with Crippen LogP contribution in [0.5, 0.6) is 0 Å². The van der Waals surface area contributed by atoms with Crippen molar-refractivity contribution < 1.29 is 0 Å². The quantitative estimate of drug-likeness (QED) is 0.468. The Kier molecular flexibility index (Phi) is 2.36. The minimum Gasteiger partial charge on any atom is -0.0772 e. The second-order valence-corrected chi connectivity index (χ2v) is 6.38. The summed E-state index contributed by atoms with van der Waals surface area (Å²) >= 11 is 0. The van der Waals surface area contributed by atoms with Crippen LogP contribution in [0.25, 0.3) is 0 Å². The monoisotopic (exact) mass is 187 g/mol. The lowest BCUT2D eigenvalue weighted by molar-refractivity contribution is 1.28. The van der Waals surface area contributed by atoms with E-state index in [-0.39, 0.29) is 8.80 Å². The highest BCUT2D eigenvalue weighted by molar-refractivity contribution is 6.75. The molecular formula is C12H15Si. The largest absolute Gasteiger partial charge is 0.0940 e. The zero-order valence-corrected chi connectivity index (χ0v) is 9.30. The second kappa shape index (κ2) is 3.50. The van der Waals surface area contributed by atoms with E-state index in [2.05, 4.69) is 44.2 Å². The molecule has 0 aromatic heterocycles. The molecule has 1 aromatic rings. The van der Waals surface area contributed by atoms with Gasteiger partial charge in [0.2, 0.25) is 0 Å². The van der Waals surface area contributed by atoms with Gasteiger partial charge in [-0.1, -0.05) is 46.7 Å². The van der Waals surface area contributed by atoms with Gasteiger partial charge in [-0.05, 0) is 25.9 Å². The lowest BCUT2D eigenvalue weighted by Gasteiger charge is -2.07. The molecule has 67 valence electrons. The normalized spacial score (nSPS) is 18.3. The lowest BCUT2D eigenvalue weighted by atomic mass is 10.2. The van der Waals surface area contributed by atoms with Crippen LogP contribution in [0, 0.1) is 0 Å². The van der Waals surface area contributed by atoms with Gasteiger partial charge in [0.05, 0.1) is 8.80 Å². The van der Waals surface area contributed by atoms with E-state index in [0.29, 0.717) is 0 Å². The predicted molar refractivity (Wildman–Crippen MR) is 59.8 cm³/mol. The Hall–Kier alpha value is -0.823. The van der Waals surface area contributed by atoms with Crippen LogP contribution in [0.1, 0.15) is 13.8 Å². The molecule has 1 aliphatic heterocycles. The Morgan fingerprint density at radius 1 is 0.923 bits per heavy atom. The van der Waals surface area contributed by atoms with Gasteiger partial charge in [0.1, 0.15) is 0 Å². The number of hydrogen-bond acceptors (Lipinski definition) is 0. The molecule has 0 spiro atoms. The molecule has 2 rings (SSSR count). The summed E-state index contributed by atoms with van der Waals surface area (Å²) in [4.78, 5) is 0. The van der Waals surface area contributed by atoms with Crippen molar-refractivity contribution in [2.75, 3.05) is 0 Å². The standard InChI is InChI=1S/C12H15Si/c1-10-8-13(9-11(10)2)12-6-4-3-5-7-12/h3-7H,8-9H2,1-2H3. The molecule has 0 aliphatic carbocycles. The molecule has 0 N–H and O–H groups in total. The third-order valence-electron chi connectivity index (χ3n) is 2.87. The first-order valence-electron chi connectivity index (χ1n) is 4.82. The van der Waals surface area contributed by atoms with Gasteiger partial charge in [0, 0.05) is 0 Å². The molecule has 1 aromatic carbocycles. The third-order valence-corrected chi connectivity index (χ3v) is 5.93. The maximum Gasteiger partial charge on any atom is 0.0940 e. The van der Waals surface area contributed by atoms with Crippen LogP contribution in [0.2, 0.25) is 12.1 Å². The average Bonchev–Trinajstić information content (AvgIpc) is 2.49. The molecule has 1 aliphatic rings. The summed E-state index contributed by atoms with van der Waals surface area (Å²) in [7, 11) is -0.261. The first kappa shape index (κ1) is 8.76. The Labute approximate surface area is 81.9 Å². The Bertz CT molecular complexity index is 310. The molecule has 13 heavy (non-hydrogen) atoms. The van der Waals surface area contributed by atoms with Crippen molar-refractivity contribution in [1.29, 1.82) is 0 Å². The van der Waals surface area contributed by atoms with Crippen molar-refractivity contribution in [3.63, 3.8) is 0 Å². The first-order chi connectivity index (χ1) is 6.27. The molecule has 0 saturated carbocycles.